The number of likely N-dealkylation sites (tertiary alicyclic amines) is 1. The smallest absolute Gasteiger partial charge is 0.457 e. The highest BCUT2D eigenvalue weighted by molar-refractivity contribution is 6.45. The van der Waals surface area contributed by atoms with E-state index in [-0.39, 0.29) is 36.9 Å². The number of rotatable bonds is 7. The van der Waals surface area contributed by atoms with Crippen molar-refractivity contribution in [3.05, 3.63) is 35.9 Å². The Morgan fingerprint density at radius 2 is 1.75 bits per heavy atom. The summed E-state index contributed by atoms with van der Waals surface area (Å²) in [6.07, 6.45) is 2.59. The van der Waals surface area contributed by atoms with Gasteiger partial charge in [0.25, 0.3) is 0 Å². The number of nitrogens with zero attached hydrogens (tertiary/aromatic N) is 1. The lowest BCUT2D eigenvalue weighted by Gasteiger charge is -2.32. The van der Waals surface area contributed by atoms with Gasteiger partial charge in [0, 0.05) is 6.04 Å². The molecule has 1 aromatic rings. The zero-order valence-electron chi connectivity index (χ0n) is 20.1. The third kappa shape index (κ3) is 5.29. The van der Waals surface area contributed by atoms with Crippen LogP contribution in [0.25, 0.3) is 0 Å². The monoisotopic (exact) mass is 445 g/mol. The molecule has 1 aromatic carbocycles. The first-order valence-corrected chi connectivity index (χ1v) is 11.5. The van der Waals surface area contributed by atoms with E-state index in [9.17, 15) is 9.59 Å². The predicted octanol–water partition coefficient (Wildman–Crippen LogP) is 4.45. The summed E-state index contributed by atoms with van der Waals surface area (Å²) in [6, 6.07) is 8.76. The van der Waals surface area contributed by atoms with Crippen LogP contribution < -0.4 is 0 Å². The van der Waals surface area contributed by atoms with E-state index in [0.29, 0.717) is 0 Å². The van der Waals surface area contributed by atoms with Gasteiger partial charge in [0.1, 0.15) is 12.6 Å². The number of amides is 1. The van der Waals surface area contributed by atoms with Crippen molar-refractivity contribution in [1.82, 2.24) is 4.90 Å². The Hall–Kier alpha value is -2.06. The molecule has 176 valence electrons. The zero-order chi connectivity index (χ0) is 23.5. The van der Waals surface area contributed by atoms with E-state index in [1.54, 1.807) is 4.90 Å². The van der Waals surface area contributed by atoms with Gasteiger partial charge >= 0.3 is 19.2 Å². The van der Waals surface area contributed by atoms with Crippen LogP contribution in [0.1, 0.15) is 59.4 Å². The van der Waals surface area contributed by atoms with Crippen molar-refractivity contribution in [2.45, 2.75) is 90.1 Å². The molecule has 1 amide bonds. The molecule has 2 fully saturated rings. The van der Waals surface area contributed by atoms with Gasteiger partial charge < -0.3 is 18.8 Å². The Labute approximate surface area is 191 Å². The molecule has 0 bridgehead atoms. The second-order valence-corrected chi connectivity index (χ2v) is 9.88. The Balaban J connectivity index is 1.59. The number of esters is 1. The maximum Gasteiger partial charge on any atom is 0.457 e. The molecule has 2 saturated heterocycles. The average molecular weight is 445 g/mol. The second-order valence-electron chi connectivity index (χ2n) is 9.88. The van der Waals surface area contributed by atoms with E-state index in [4.69, 9.17) is 18.8 Å². The molecule has 32 heavy (non-hydrogen) atoms. The lowest BCUT2D eigenvalue weighted by Crippen LogP contribution is -2.46. The van der Waals surface area contributed by atoms with Gasteiger partial charge in [-0.15, -0.1) is 0 Å². The van der Waals surface area contributed by atoms with Crippen molar-refractivity contribution in [2.24, 2.45) is 5.92 Å². The van der Waals surface area contributed by atoms with Crippen molar-refractivity contribution in [3.63, 3.8) is 0 Å². The van der Waals surface area contributed by atoms with Crippen molar-refractivity contribution in [1.29, 1.82) is 0 Å². The molecule has 3 rings (SSSR count). The minimum Gasteiger partial charge on any atom is -0.467 e. The lowest BCUT2D eigenvalue weighted by atomic mass is 9.80. The fraction of sp³-hybridized carbons (Fsp3) is 0.667. The van der Waals surface area contributed by atoms with Crippen LogP contribution in [0.4, 0.5) is 4.79 Å². The van der Waals surface area contributed by atoms with Gasteiger partial charge in [-0.3, -0.25) is 4.90 Å². The molecular weight excluding hydrogens is 409 g/mol. The summed E-state index contributed by atoms with van der Waals surface area (Å²) >= 11 is 0. The maximum atomic E-state index is 12.9. The normalized spacial score (nSPS) is 26.2. The van der Waals surface area contributed by atoms with Gasteiger partial charge in [-0.25, -0.2) is 9.59 Å². The molecule has 0 aromatic heterocycles. The van der Waals surface area contributed by atoms with Crippen molar-refractivity contribution in [2.75, 3.05) is 7.11 Å². The Kier molecular flexibility index (Phi) is 7.55. The van der Waals surface area contributed by atoms with E-state index in [1.807, 2.05) is 65.0 Å². The number of ether oxygens (including phenoxy) is 2. The minimum atomic E-state index is -0.642. The van der Waals surface area contributed by atoms with Crippen LogP contribution in [0.3, 0.4) is 0 Å². The van der Waals surface area contributed by atoms with Crippen LogP contribution in [0, 0.1) is 5.92 Å². The Morgan fingerprint density at radius 3 is 2.34 bits per heavy atom. The minimum absolute atomic E-state index is 0.00384. The molecule has 2 heterocycles. The van der Waals surface area contributed by atoms with Crippen LogP contribution in [0.5, 0.6) is 0 Å². The first-order chi connectivity index (χ1) is 15.1. The van der Waals surface area contributed by atoms with Crippen LogP contribution in [0.15, 0.2) is 30.3 Å². The topological polar surface area (TPSA) is 74.3 Å². The second kappa shape index (κ2) is 9.83. The SMILES string of the molecule is COC(=O)[C@@H]1[C@H](CCCB2OC(C)(C)C(C)(C)O2)CC(C)N1C(=O)OCc1ccccc1. The van der Waals surface area contributed by atoms with Crippen molar-refractivity contribution in [3.8, 4) is 0 Å². The quantitative estimate of drug-likeness (QED) is 0.456. The summed E-state index contributed by atoms with van der Waals surface area (Å²) in [5.74, 6) is -0.393. The van der Waals surface area contributed by atoms with Gasteiger partial charge in [-0.05, 0) is 65.3 Å². The van der Waals surface area contributed by atoms with Gasteiger partial charge in [-0.1, -0.05) is 36.8 Å². The molecule has 0 saturated carbocycles. The highest BCUT2D eigenvalue weighted by Crippen LogP contribution is 2.39. The number of carbonyl (C=O) groups excluding carboxylic acids is 2. The van der Waals surface area contributed by atoms with E-state index in [0.717, 1.165) is 31.1 Å². The Morgan fingerprint density at radius 1 is 1.12 bits per heavy atom. The van der Waals surface area contributed by atoms with Gasteiger partial charge in [0.2, 0.25) is 0 Å². The summed E-state index contributed by atoms with van der Waals surface area (Å²) in [4.78, 5) is 27.1. The van der Waals surface area contributed by atoms with Crippen LogP contribution in [0.2, 0.25) is 6.32 Å². The number of hydrogen-bond acceptors (Lipinski definition) is 6. The van der Waals surface area contributed by atoms with E-state index >= 15 is 0 Å². The highest BCUT2D eigenvalue weighted by atomic mass is 16.7. The van der Waals surface area contributed by atoms with E-state index in [1.165, 1.54) is 7.11 Å². The Bertz CT molecular complexity index is 783. The van der Waals surface area contributed by atoms with Crippen LogP contribution >= 0.6 is 0 Å². The molecule has 0 aliphatic carbocycles. The summed E-state index contributed by atoms with van der Waals surface area (Å²) in [6.45, 7) is 10.3. The van der Waals surface area contributed by atoms with Crippen LogP contribution in [-0.4, -0.2) is 54.5 Å². The van der Waals surface area contributed by atoms with Crippen molar-refractivity contribution >= 4 is 19.2 Å². The highest BCUT2D eigenvalue weighted by Gasteiger charge is 2.51. The summed E-state index contributed by atoms with van der Waals surface area (Å²) in [7, 11) is 1.10. The fourth-order valence-corrected chi connectivity index (χ4v) is 4.60. The summed E-state index contributed by atoms with van der Waals surface area (Å²) < 4.78 is 22.7. The summed E-state index contributed by atoms with van der Waals surface area (Å²) in [5, 5.41) is 0. The molecule has 8 heteroatoms. The van der Waals surface area contributed by atoms with E-state index < -0.39 is 18.1 Å². The average Bonchev–Trinajstić information content (AvgIpc) is 3.17. The first-order valence-electron chi connectivity index (χ1n) is 11.5. The first kappa shape index (κ1) is 24.6. The molecular formula is C24H36BNO6. The third-order valence-corrected chi connectivity index (χ3v) is 7.04. The maximum absolute atomic E-state index is 12.9. The molecule has 7 nitrogen and oxygen atoms in total. The molecule has 2 aliphatic heterocycles. The molecule has 0 spiro atoms. The van der Waals surface area contributed by atoms with Gasteiger partial charge in [-0.2, -0.15) is 0 Å². The number of benzene rings is 1. The van der Waals surface area contributed by atoms with Gasteiger partial charge in [0.15, 0.2) is 0 Å². The lowest BCUT2D eigenvalue weighted by molar-refractivity contribution is -0.147. The largest absolute Gasteiger partial charge is 0.467 e. The number of hydrogen-bond donors (Lipinski definition) is 0. The third-order valence-electron chi connectivity index (χ3n) is 7.04. The van der Waals surface area contributed by atoms with E-state index in [2.05, 4.69) is 0 Å². The number of carbonyl (C=O) groups is 2. The number of methoxy groups -OCH3 is 1. The fourth-order valence-electron chi connectivity index (χ4n) is 4.60. The van der Waals surface area contributed by atoms with Crippen LogP contribution in [-0.2, 0) is 30.2 Å². The zero-order valence-corrected chi connectivity index (χ0v) is 20.1. The van der Waals surface area contributed by atoms with Gasteiger partial charge in [0.05, 0.1) is 18.3 Å². The molecule has 0 radical (unpaired) electrons. The predicted molar refractivity (Wildman–Crippen MR) is 122 cm³/mol. The molecule has 1 unspecified atom stereocenters. The standard InChI is InChI=1S/C24H36BNO6/c1-17-15-19(13-10-14-25-31-23(2,3)24(4,5)32-25)20(21(27)29-6)26(17)22(28)30-16-18-11-8-7-9-12-18/h7-9,11-12,17,19-20H,10,13-16H2,1-6H3/t17?,19-,20+/m1/s1. The molecule has 3 atom stereocenters. The molecule has 2 aliphatic rings. The summed E-state index contributed by atoms with van der Waals surface area (Å²) in [5.41, 5.74) is 0.196. The molecule has 0 N–H and O–H groups in total. The van der Waals surface area contributed by atoms with Crippen molar-refractivity contribution < 1.29 is 28.4 Å².